The Morgan fingerprint density at radius 3 is 2.65 bits per heavy atom. The van der Waals surface area contributed by atoms with Crippen LogP contribution in [0.25, 0.3) is 0 Å². The van der Waals surface area contributed by atoms with Crippen LogP contribution in [0.5, 0.6) is 5.75 Å². The van der Waals surface area contributed by atoms with Crippen molar-refractivity contribution in [2.45, 2.75) is 26.7 Å². The summed E-state index contributed by atoms with van der Waals surface area (Å²) in [4.78, 5) is 23.3. The summed E-state index contributed by atoms with van der Waals surface area (Å²) < 4.78 is 10.8. The van der Waals surface area contributed by atoms with Crippen molar-refractivity contribution in [2.24, 2.45) is 0 Å². The Bertz CT molecular complexity index is 705. The average Bonchev–Trinajstić information content (AvgIpc) is 2.98. The Hall–Kier alpha value is -2.76. The molecule has 2 N–H and O–H groups in total. The molecule has 1 aromatic heterocycles. The molecule has 122 valence electrons. The van der Waals surface area contributed by atoms with Crippen LogP contribution in [0.2, 0.25) is 0 Å². The van der Waals surface area contributed by atoms with Gasteiger partial charge in [0.25, 0.3) is 5.91 Å². The van der Waals surface area contributed by atoms with Crippen LogP contribution >= 0.6 is 0 Å². The molecule has 0 saturated heterocycles. The number of hydrogen-bond acceptors (Lipinski definition) is 4. The molecular weight excluding hydrogens is 298 g/mol. The second kappa shape index (κ2) is 7.49. The van der Waals surface area contributed by atoms with Crippen molar-refractivity contribution >= 4 is 17.6 Å². The van der Waals surface area contributed by atoms with Gasteiger partial charge in [-0.2, -0.15) is 0 Å². The van der Waals surface area contributed by atoms with Gasteiger partial charge in [-0.25, -0.2) is 4.79 Å². The van der Waals surface area contributed by atoms with E-state index in [9.17, 15) is 9.59 Å². The second-order valence-corrected chi connectivity index (χ2v) is 4.94. The van der Waals surface area contributed by atoms with Gasteiger partial charge in [-0.05, 0) is 18.6 Å². The number of ether oxygens (including phenoxy) is 1. The summed E-state index contributed by atoms with van der Waals surface area (Å²) in [5.41, 5.74) is 0.563. The molecule has 0 radical (unpaired) electrons. The highest BCUT2D eigenvalue weighted by Gasteiger charge is 2.20. The van der Waals surface area contributed by atoms with Crippen molar-refractivity contribution in [3.8, 4) is 5.75 Å². The minimum absolute atomic E-state index is 0.0117. The molecule has 0 atom stereocenters. The third-order valence-corrected chi connectivity index (χ3v) is 3.15. The van der Waals surface area contributed by atoms with E-state index in [0.29, 0.717) is 24.5 Å². The van der Waals surface area contributed by atoms with E-state index in [4.69, 9.17) is 14.3 Å². The van der Waals surface area contributed by atoms with Gasteiger partial charge in [-0.1, -0.05) is 19.9 Å². The smallest absolute Gasteiger partial charge is 0.339 e. The van der Waals surface area contributed by atoms with E-state index in [0.717, 1.165) is 6.42 Å². The summed E-state index contributed by atoms with van der Waals surface area (Å²) in [5, 5.41) is 11.8. The minimum atomic E-state index is -1.11. The number of carboxylic acids is 1. The van der Waals surface area contributed by atoms with Crippen molar-refractivity contribution in [1.82, 2.24) is 0 Å². The number of furan rings is 1. The van der Waals surface area contributed by atoms with Crippen LogP contribution in [-0.4, -0.2) is 23.6 Å². The third kappa shape index (κ3) is 4.12. The summed E-state index contributed by atoms with van der Waals surface area (Å²) in [5.74, 6) is -0.703. The zero-order valence-electron chi connectivity index (χ0n) is 13.1. The summed E-state index contributed by atoms with van der Waals surface area (Å²) in [6.45, 7) is 4.37. The molecular formula is C17H19NO5. The molecule has 1 aromatic carbocycles. The number of hydrogen-bond donors (Lipinski definition) is 2. The molecule has 0 unspecified atom stereocenters. The molecule has 0 aliphatic carbocycles. The number of nitrogens with one attached hydrogen (secondary N) is 1. The third-order valence-electron chi connectivity index (χ3n) is 3.15. The molecule has 1 heterocycles. The average molecular weight is 317 g/mol. The van der Waals surface area contributed by atoms with Crippen molar-refractivity contribution in [3.05, 3.63) is 47.4 Å². The monoisotopic (exact) mass is 317 g/mol. The molecule has 2 rings (SSSR count). The van der Waals surface area contributed by atoms with Gasteiger partial charge >= 0.3 is 5.97 Å². The minimum Gasteiger partial charge on any atom is -0.494 e. The predicted molar refractivity (Wildman–Crippen MR) is 85.2 cm³/mol. The first-order chi connectivity index (χ1) is 11.0. The van der Waals surface area contributed by atoms with Crippen molar-refractivity contribution in [1.29, 1.82) is 0 Å². The van der Waals surface area contributed by atoms with E-state index in [-0.39, 0.29) is 17.1 Å². The predicted octanol–water partition coefficient (Wildman–Crippen LogP) is 3.58. The van der Waals surface area contributed by atoms with E-state index in [1.807, 2.05) is 6.92 Å². The summed E-state index contributed by atoms with van der Waals surface area (Å²) in [7, 11) is 0. The quantitative estimate of drug-likeness (QED) is 0.814. The molecule has 23 heavy (non-hydrogen) atoms. The first-order valence-corrected chi connectivity index (χ1v) is 7.45. The van der Waals surface area contributed by atoms with Crippen LogP contribution in [0.15, 0.2) is 34.7 Å². The number of amides is 1. The van der Waals surface area contributed by atoms with Crippen LogP contribution in [-0.2, 0) is 6.42 Å². The van der Waals surface area contributed by atoms with Gasteiger partial charge in [0, 0.05) is 24.2 Å². The lowest BCUT2D eigenvalue weighted by molar-refractivity contribution is 0.0694. The van der Waals surface area contributed by atoms with Gasteiger partial charge in [0.1, 0.15) is 17.1 Å². The number of aryl methyl sites for hydroxylation is 1. The molecule has 6 heteroatoms. The molecule has 0 aliphatic rings. The highest BCUT2D eigenvalue weighted by molar-refractivity contribution is 6.04. The van der Waals surface area contributed by atoms with Crippen LogP contribution < -0.4 is 10.1 Å². The van der Waals surface area contributed by atoms with Gasteiger partial charge in [0.15, 0.2) is 5.76 Å². The summed E-state index contributed by atoms with van der Waals surface area (Å²) >= 11 is 0. The number of anilines is 1. The number of rotatable bonds is 7. The van der Waals surface area contributed by atoms with Gasteiger partial charge < -0.3 is 19.6 Å². The SMILES string of the molecule is CCCOc1cccc(NC(=O)c2cc(C(=O)O)c(CC)o2)c1. The molecule has 6 nitrogen and oxygen atoms in total. The van der Waals surface area contributed by atoms with Crippen LogP contribution in [0.4, 0.5) is 5.69 Å². The van der Waals surface area contributed by atoms with E-state index in [1.54, 1.807) is 31.2 Å². The van der Waals surface area contributed by atoms with Gasteiger partial charge in [-0.3, -0.25) is 4.79 Å². The Labute approximate surface area is 134 Å². The number of carbonyl (C=O) groups excluding carboxylic acids is 1. The Morgan fingerprint density at radius 2 is 2.04 bits per heavy atom. The molecule has 0 bridgehead atoms. The van der Waals surface area contributed by atoms with Crippen molar-refractivity contribution in [3.63, 3.8) is 0 Å². The fourth-order valence-corrected chi connectivity index (χ4v) is 2.06. The Kier molecular flexibility index (Phi) is 5.41. The molecule has 0 saturated carbocycles. The first-order valence-electron chi connectivity index (χ1n) is 7.45. The second-order valence-electron chi connectivity index (χ2n) is 4.94. The molecule has 1 amide bonds. The van der Waals surface area contributed by atoms with Gasteiger partial charge in [-0.15, -0.1) is 0 Å². The molecule has 2 aromatic rings. The standard InChI is InChI=1S/C17H19NO5/c1-3-8-22-12-7-5-6-11(9-12)18-16(19)15-10-13(17(20)21)14(4-2)23-15/h5-7,9-10H,3-4,8H2,1-2H3,(H,18,19)(H,20,21). The molecule has 0 aliphatic heterocycles. The maximum atomic E-state index is 12.2. The number of aromatic carboxylic acids is 1. The lowest BCUT2D eigenvalue weighted by Crippen LogP contribution is -2.11. The number of benzene rings is 1. The Balaban J connectivity index is 2.14. The van der Waals surface area contributed by atoms with E-state index in [1.165, 1.54) is 6.07 Å². The summed E-state index contributed by atoms with van der Waals surface area (Å²) in [6.07, 6.45) is 1.29. The lowest BCUT2D eigenvalue weighted by atomic mass is 10.2. The fourth-order valence-electron chi connectivity index (χ4n) is 2.06. The molecule has 0 spiro atoms. The maximum Gasteiger partial charge on any atom is 0.339 e. The zero-order chi connectivity index (χ0) is 16.8. The lowest BCUT2D eigenvalue weighted by Gasteiger charge is -2.07. The van der Waals surface area contributed by atoms with Crippen molar-refractivity contribution in [2.75, 3.05) is 11.9 Å². The topological polar surface area (TPSA) is 88.8 Å². The largest absolute Gasteiger partial charge is 0.494 e. The fraction of sp³-hybridized carbons (Fsp3) is 0.294. The van der Waals surface area contributed by atoms with Crippen LogP contribution in [0, 0.1) is 0 Å². The first kappa shape index (κ1) is 16.6. The van der Waals surface area contributed by atoms with E-state index >= 15 is 0 Å². The number of carboxylic acid groups (broad SMARTS) is 1. The number of carbonyl (C=O) groups is 2. The van der Waals surface area contributed by atoms with Gasteiger partial charge in [0.2, 0.25) is 0 Å². The van der Waals surface area contributed by atoms with Crippen LogP contribution in [0.3, 0.4) is 0 Å². The highest BCUT2D eigenvalue weighted by Crippen LogP contribution is 2.21. The normalized spacial score (nSPS) is 10.3. The van der Waals surface area contributed by atoms with Crippen molar-refractivity contribution < 1.29 is 23.8 Å². The zero-order valence-corrected chi connectivity index (χ0v) is 13.1. The molecule has 0 fully saturated rings. The Morgan fingerprint density at radius 1 is 1.26 bits per heavy atom. The van der Waals surface area contributed by atoms with E-state index < -0.39 is 11.9 Å². The van der Waals surface area contributed by atoms with Crippen LogP contribution in [0.1, 0.15) is 46.9 Å². The maximum absolute atomic E-state index is 12.2. The van der Waals surface area contributed by atoms with Gasteiger partial charge in [0.05, 0.1) is 6.61 Å². The summed E-state index contributed by atoms with van der Waals surface area (Å²) in [6, 6.07) is 8.24. The highest BCUT2D eigenvalue weighted by atomic mass is 16.5. The van der Waals surface area contributed by atoms with E-state index in [2.05, 4.69) is 5.32 Å².